The summed E-state index contributed by atoms with van der Waals surface area (Å²) in [5, 5.41) is 7.03. The molecule has 0 atom stereocenters. The van der Waals surface area contributed by atoms with E-state index in [4.69, 9.17) is 8.94 Å². The van der Waals surface area contributed by atoms with Crippen molar-refractivity contribution in [2.24, 2.45) is 0 Å². The summed E-state index contributed by atoms with van der Waals surface area (Å²) in [5.74, 6) is 4.24. The Labute approximate surface area is 110 Å². The third-order valence-electron chi connectivity index (χ3n) is 2.39. The van der Waals surface area contributed by atoms with Crippen molar-refractivity contribution in [1.82, 2.24) is 15.5 Å². The largest absolute Gasteiger partial charge is 0.464 e. The molecule has 0 amide bonds. The molecule has 5 nitrogen and oxygen atoms in total. The molecular formula is C12H17N3O2S. The number of aryl methyl sites for hydroxylation is 1. The van der Waals surface area contributed by atoms with Crippen molar-refractivity contribution < 1.29 is 8.94 Å². The molecule has 2 rings (SSSR count). The molecule has 2 aromatic heterocycles. The smallest absolute Gasteiger partial charge is 0.227 e. The fraction of sp³-hybridized carbons (Fsp3) is 0.500. The summed E-state index contributed by atoms with van der Waals surface area (Å²) in [7, 11) is 0. The number of aromatic nitrogens is 2. The van der Waals surface area contributed by atoms with Crippen LogP contribution in [0, 0.1) is 6.92 Å². The number of rotatable bonds is 7. The highest BCUT2D eigenvalue weighted by atomic mass is 32.2. The number of thioether (sulfide) groups is 1. The molecule has 0 saturated heterocycles. The van der Waals surface area contributed by atoms with Crippen LogP contribution in [0.15, 0.2) is 21.1 Å². The van der Waals surface area contributed by atoms with Crippen molar-refractivity contribution >= 4 is 11.8 Å². The van der Waals surface area contributed by atoms with Gasteiger partial charge in [0, 0.05) is 13.0 Å². The van der Waals surface area contributed by atoms with Crippen LogP contribution >= 0.6 is 11.8 Å². The first-order valence-corrected chi connectivity index (χ1v) is 7.23. The molecule has 0 aromatic carbocycles. The minimum atomic E-state index is 0.669. The van der Waals surface area contributed by atoms with Gasteiger partial charge in [0.15, 0.2) is 5.82 Å². The first-order chi connectivity index (χ1) is 8.78. The Kier molecular flexibility index (Phi) is 4.83. The van der Waals surface area contributed by atoms with Crippen LogP contribution in [-0.4, -0.2) is 22.9 Å². The number of nitrogens with zero attached hydrogens (tertiary/aromatic N) is 2. The first-order valence-electron chi connectivity index (χ1n) is 5.84. The van der Waals surface area contributed by atoms with Gasteiger partial charge < -0.3 is 14.3 Å². The predicted octanol–water partition coefficient (Wildman–Crippen LogP) is 2.17. The van der Waals surface area contributed by atoms with E-state index < -0.39 is 0 Å². The fourth-order valence-electron chi connectivity index (χ4n) is 1.59. The average molecular weight is 267 g/mol. The number of hydrogen-bond acceptors (Lipinski definition) is 6. The van der Waals surface area contributed by atoms with Crippen LogP contribution in [0.25, 0.3) is 0 Å². The van der Waals surface area contributed by atoms with E-state index >= 15 is 0 Å². The normalized spacial score (nSPS) is 11.0. The summed E-state index contributed by atoms with van der Waals surface area (Å²) >= 11 is 1.75. The third kappa shape index (κ3) is 3.89. The topological polar surface area (TPSA) is 64.1 Å². The molecule has 0 bridgehead atoms. The Morgan fingerprint density at radius 2 is 2.17 bits per heavy atom. The quantitative estimate of drug-likeness (QED) is 0.776. The second-order valence-electron chi connectivity index (χ2n) is 3.96. The van der Waals surface area contributed by atoms with E-state index in [2.05, 4.69) is 21.7 Å². The Bertz CT molecular complexity index is 481. The summed E-state index contributed by atoms with van der Waals surface area (Å²) in [6.45, 7) is 3.33. The van der Waals surface area contributed by atoms with Gasteiger partial charge in [-0.25, -0.2) is 0 Å². The molecule has 6 heteroatoms. The van der Waals surface area contributed by atoms with Crippen molar-refractivity contribution in [2.75, 3.05) is 12.8 Å². The first kappa shape index (κ1) is 13.2. The van der Waals surface area contributed by atoms with Crippen LogP contribution in [0.4, 0.5) is 0 Å². The predicted molar refractivity (Wildman–Crippen MR) is 70.4 cm³/mol. The van der Waals surface area contributed by atoms with E-state index in [-0.39, 0.29) is 0 Å². The van der Waals surface area contributed by atoms with Crippen LogP contribution in [0.5, 0.6) is 0 Å². The van der Waals surface area contributed by atoms with E-state index in [0.717, 1.165) is 36.8 Å². The highest BCUT2D eigenvalue weighted by Crippen LogP contribution is 2.13. The highest BCUT2D eigenvalue weighted by Gasteiger charge is 2.03. The summed E-state index contributed by atoms with van der Waals surface area (Å²) < 4.78 is 10.7. The molecule has 0 unspecified atom stereocenters. The van der Waals surface area contributed by atoms with Crippen LogP contribution < -0.4 is 5.32 Å². The maximum Gasteiger partial charge on any atom is 0.227 e. The standard InChI is InChI=1S/C12H17N3O2S/c1-9-14-12(17-15-9)5-6-13-7-10-3-4-11(16-10)8-18-2/h3-4,13H,5-8H2,1-2H3. The molecule has 2 aromatic rings. The average Bonchev–Trinajstić information content (AvgIpc) is 2.95. The summed E-state index contributed by atoms with van der Waals surface area (Å²) in [4.78, 5) is 4.14. The molecule has 0 aliphatic carbocycles. The lowest BCUT2D eigenvalue weighted by atomic mass is 10.4. The van der Waals surface area contributed by atoms with Crippen molar-refractivity contribution in [3.8, 4) is 0 Å². The van der Waals surface area contributed by atoms with Crippen molar-refractivity contribution in [3.05, 3.63) is 35.4 Å². The summed E-state index contributed by atoms with van der Waals surface area (Å²) in [5.41, 5.74) is 0. The lowest BCUT2D eigenvalue weighted by Crippen LogP contribution is -2.16. The fourth-order valence-corrected chi connectivity index (χ4v) is 2.03. The molecule has 0 spiro atoms. The number of nitrogens with one attached hydrogen (secondary N) is 1. The van der Waals surface area contributed by atoms with Crippen molar-refractivity contribution in [3.63, 3.8) is 0 Å². The SMILES string of the molecule is CSCc1ccc(CNCCc2nc(C)no2)o1. The number of furan rings is 1. The van der Waals surface area contributed by atoms with E-state index in [1.807, 2.05) is 19.1 Å². The van der Waals surface area contributed by atoms with Crippen molar-refractivity contribution in [1.29, 1.82) is 0 Å². The van der Waals surface area contributed by atoms with Crippen LogP contribution in [-0.2, 0) is 18.7 Å². The zero-order valence-corrected chi connectivity index (χ0v) is 11.4. The molecule has 0 aliphatic rings. The molecule has 18 heavy (non-hydrogen) atoms. The van der Waals surface area contributed by atoms with Gasteiger partial charge in [-0.3, -0.25) is 0 Å². The summed E-state index contributed by atoms with van der Waals surface area (Å²) in [6, 6.07) is 4.03. The van der Waals surface area contributed by atoms with Gasteiger partial charge in [0.2, 0.25) is 5.89 Å². The van der Waals surface area contributed by atoms with Gasteiger partial charge in [-0.15, -0.1) is 0 Å². The van der Waals surface area contributed by atoms with Gasteiger partial charge in [0.1, 0.15) is 11.5 Å². The minimum absolute atomic E-state index is 0.669. The molecular weight excluding hydrogens is 250 g/mol. The van der Waals surface area contributed by atoms with E-state index in [1.54, 1.807) is 11.8 Å². The zero-order valence-electron chi connectivity index (χ0n) is 10.6. The Morgan fingerprint density at radius 1 is 1.33 bits per heavy atom. The lowest BCUT2D eigenvalue weighted by Gasteiger charge is -1.99. The van der Waals surface area contributed by atoms with E-state index in [1.165, 1.54) is 0 Å². The lowest BCUT2D eigenvalue weighted by molar-refractivity contribution is 0.370. The Morgan fingerprint density at radius 3 is 2.89 bits per heavy atom. The molecule has 0 saturated carbocycles. The number of hydrogen-bond donors (Lipinski definition) is 1. The highest BCUT2D eigenvalue weighted by molar-refractivity contribution is 7.97. The maximum atomic E-state index is 5.65. The molecule has 98 valence electrons. The monoisotopic (exact) mass is 267 g/mol. The van der Waals surface area contributed by atoms with E-state index in [9.17, 15) is 0 Å². The molecule has 1 N–H and O–H groups in total. The molecule has 0 aliphatic heterocycles. The third-order valence-corrected chi connectivity index (χ3v) is 2.96. The van der Waals surface area contributed by atoms with Crippen molar-refractivity contribution in [2.45, 2.75) is 25.6 Å². The van der Waals surface area contributed by atoms with Crippen LogP contribution in [0.3, 0.4) is 0 Å². The second kappa shape index (κ2) is 6.61. The molecule has 0 radical (unpaired) electrons. The van der Waals surface area contributed by atoms with Gasteiger partial charge in [-0.05, 0) is 25.3 Å². The molecule has 2 heterocycles. The van der Waals surface area contributed by atoms with Crippen LogP contribution in [0.1, 0.15) is 23.2 Å². The molecule has 0 fully saturated rings. The van der Waals surface area contributed by atoms with Crippen LogP contribution in [0.2, 0.25) is 0 Å². The Balaban J connectivity index is 1.68. The Hall–Kier alpha value is -1.27. The zero-order chi connectivity index (χ0) is 12.8. The second-order valence-corrected chi connectivity index (χ2v) is 4.83. The van der Waals surface area contributed by atoms with Gasteiger partial charge >= 0.3 is 0 Å². The minimum Gasteiger partial charge on any atom is -0.464 e. The summed E-state index contributed by atoms with van der Waals surface area (Å²) in [6.07, 6.45) is 2.80. The van der Waals surface area contributed by atoms with E-state index in [0.29, 0.717) is 11.7 Å². The van der Waals surface area contributed by atoms with Gasteiger partial charge in [-0.1, -0.05) is 5.16 Å². The van der Waals surface area contributed by atoms with Gasteiger partial charge in [0.25, 0.3) is 0 Å². The maximum absolute atomic E-state index is 5.65. The van der Waals surface area contributed by atoms with Gasteiger partial charge in [-0.2, -0.15) is 16.7 Å². The van der Waals surface area contributed by atoms with Gasteiger partial charge in [0.05, 0.1) is 12.3 Å².